The fourth-order valence-electron chi connectivity index (χ4n) is 5.22. The van der Waals surface area contributed by atoms with Crippen LogP contribution in [-0.4, -0.2) is 41.5 Å². The summed E-state index contributed by atoms with van der Waals surface area (Å²) in [6.07, 6.45) is 14.6. The van der Waals surface area contributed by atoms with E-state index < -0.39 is 16.6 Å². The van der Waals surface area contributed by atoms with Crippen LogP contribution in [0.3, 0.4) is 0 Å². The third-order valence-corrected chi connectivity index (χ3v) is 15.4. The van der Waals surface area contributed by atoms with E-state index in [1.807, 2.05) is 24.3 Å². The second-order valence-electron chi connectivity index (χ2n) is 12.3. The van der Waals surface area contributed by atoms with E-state index in [-0.39, 0.29) is 11.8 Å². The van der Waals surface area contributed by atoms with Crippen molar-refractivity contribution in [1.29, 1.82) is 0 Å². The minimum atomic E-state index is -2.22. The van der Waals surface area contributed by atoms with E-state index in [0.29, 0.717) is 11.1 Å². The molecule has 2 rings (SSSR count). The van der Waals surface area contributed by atoms with E-state index in [0.717, 1.165) is 25.9 Å². The molecule has 0 saturated carbocycles. The highest BCUT2D eigenvalue weighted by Gasteiger charge is 2.36. The van der Waals surface area contributed by atoms with Gasteiger partial charge >= 0.3 is 0 Å². The molecule has 0 spiro atoms. The highest BCUT2D eigenvalue weighted by atomic mass is 28.4. The van der Waals surface area contributed by atoms with Gasteiger partial charge in [-0.1, -0.05) is 102 Å². The standard InChI is InChI=1S/C34H56N2O3Si2/c1-7-9-11-13-15-17-27-35-33(37)29-19-23-31(24-20-29)40(3,4)39-41(5,6)32-25-21-30(22-26-32)34(38)36-28-18-16-14-12-10-8-2/h19-26H,7-18,27-28H2,1-6H3,(H,35,37)(H,36,38). The Kier molecular flexibility index (Phi) is 15.6. The first kappa shape index (κ1) is 35.0. The number of rotatable bonds is 20. The molecule has 0 bridgehead atoms. The van der Waals surface area contributed by atoms with Crippen LogP contribution in [0.4, 0.5) is 0 Å². The van der Waals surface area contributed by atoms with Gasteiger partial charge in [-0.15, -0.1) is 0 Å². The molecule has 0 aliphatic heterocycles. The molecule has 5 nitrogen and oxygen atoms in total. The van der Waals surface area contributed by atoms with E-state index in [1.165, 1.54) is 74.6 Å². The highest BCUT2D eigenvalue weighted by molar-refractivity contribution is 6.96. The van der Waals surface area contributed by atoms with Crippen molar-refractivity contribution in [3.8, 4) is 0 Å². The Balaban J connectivity index is 1.86. The summed E-state index contributed by atoms with van der Waals surface area (Å²) in [5.41, 5.74) is 1.40. The third kappa shape index (κ3) is 12.7. The Morgan fingerprint density at radius 2 is 0.854 bits per heavy atom. The van der Waals surface area contributed by atoms with Crippen LogP contribution < -0.4 is 21.0 Å². The number of unbranched alkanes of at least 4 members (excludes halogenated alkanes) is 10. The van der Waals surface area contributed by atoms with Crippen molar-refractivity contribution >= 4 is 38.8 Å². The molecule has 0 aliphatic rings. The summed E-state index contributed by atoms with van der Waals surface area (Å²) in [5, 5.41) is 8.48. The predicted molar refractivity (Wildman–Crippen MR) is 180 cm³/mol. The first-order valence-corrected chi connectivity index (χ1v) is 21.9. The number of nitrogens with one attached hydrogen (secondary N) is 2. The van der Waals surface area contributed by atoms with Gasteiger partial charge in [-0.05, 0) is 73.7 Å². The molecule has 0 atom stereocenters. The Morgan fingerprint density at radius 3 is 1.20 bits per heavy atom. The smallest absolute Gasteiger partial charge is 0.251 e. The quantitative estimate of drug-likeness (QED) is 0.124. The molecule has 0 unspecified atom stereocenters. The minimum Gasteiger partial charge on any atom is -0.449 e. The molecule has 0 saturated heterocycles. The Hall–Kier alpha value is -2.23. The average molecular weight is 597 g/mol. The molecule has 2 amide bonds. The van der Waals surface area contributed by atoms with Crippen LogP contribution in [0, 0.1) is 0 Å². The lowest BCUT2D eigenvalue weighted by atomic mass is 10.1. The molecule has 0 radical (unpaired) electrons. The van der Waals surface area contributed by atoms with Gasteiger partial charge in [0.15, 0.2) is 0 Å². The molecule has 228 valence electrons. The van der Waals surface area contributed by atoms with Gasteiger partial charge < -0.3 is 14.7 Å². The average Bonchev–Trinajstić information content (AvgIpc) is 2.95. The van der Waals surface area contributed by atoms with Crippen LogP contribution in [0.2, 0.25) is 26.2 Å². The van der Waals surface area contributed by atoms with Crippen LogP contribution in [-0.2, 0) is 4.12 Å². The minimum absolute atomic E-state index is 0.00342. The van der Waals surface area contributed by atoms with Crippen molar-refractivity contribution in [2.75, 3.05) is 13.1 Å². The summed E-state index contributed by atoms with van der Waals surface area (Å²) in [4.78, 5) is 25.2. The van der Waals surface area contributed by atoms with Gasteiger partial charge in [0.1, 0.15) is 0 Å². The van der Waals surface area contributed by atoms with Crippen molar-refractivity contribution in [3.63, 3.8) is 0 Å². The van der Waals surface area contributed by atoms with Crippen LogP contribution in [0.25, 0.3) is 0 Å². The summed E-state index contributed by atoms with van der Waals surface area (Å²) in [7, 11) is -4.44. The van der Waals surface area contributed by atoms with Gasteiger partial charge in [-0.25, -0.2) is 0 Å². The van der Waals surface area contributed by atoms with Gasteiger partial charge in [0.25, 0.3) is 11.8 Å². The van der Waals surface area contributed by atoms with Crippen molar-refractivity contribution in [2.24, 2.45) is 0 Å². The molecule has 0 heterocycles. The largest absolute Gasteiger partial charge is 0.449 e. The SMILES string of the molecule is CCCCCCCCNC(=O)c1ccc([Si](C)(C)O[Si](C)(C)c2ccc(C(=O)NCCCCCCCC)cc2)cc1. The maximum atomic E-state index is 12.6. The van der Waals surface area contributed by atoms with E-state index >= 15 is 0 Å². The number of carbonyl (C=O) groups is 2. The molecule has 2 aromatic rings. The molecule has 2 N–H and O–H groups in total. The Bertz CT molecular complexity index is 953. The van der Waals surface area contributed by atoms with Crippen molar-refractivity contribution in [1.82, 2.24) is 10.6 Å². The third-order valence-electron chi connectivity index (χ3n) is 7.83. The zero-order valence-electron chi connectivity index (χ0n) is 26.7. The highest BCUT2D eigenvalue weighted by Crippen LogP contribution is 2.16. The molecule has 41 heavy (non-hydrogen) atoms. The molecule has 0 fully saturated rings. The fraction of sp³-hybridized carbons (Fsp3) is 0.588. The van der Waals surface area contributed by atoms with Crippen molar-refractivity contribution < 1.29 is 13.7 Å². The number of hydrogen-bond acceptors (Lipinski definition) is 3. The van der Waals surface area contributed by atoms with Gasteiger partial charge in [0.2, 0.25) is 16.6 Å². The summed E-state index contributed by atoms with van der Waals surface area (Å²) in [6, 6.07) is 16.0. The lowest BCUT2D eigenvalue weighted by molar-refractivity contribution is 0.0944. The van der Waals surface area contributed by atoms with Gasteiger partial charge in [-0.2, -0.15) is 0 Å². The summed E-state index contributed by atoms with van der Waals surface area (Å²) < 4.78 is 6.91. The number of hydrogen-bond donors (Lipinski definition) is 2. The molecular formula is C34H56N2O3Si2. The molecule has 7 heteroatoms. The van der Waals surface area contributed by atoms with Gasteiger partial charge in [-0.3, -0.25) is 9.59 Å². The summed E-state index contributed by atoms with van der Waals surface area (Å²) in [6.45, 7) is 14.8. The summed E-state index contributed by atoms with van der Waals surface area (Å²) >= 11 is 0. The fourth-order valence-corrected chi connectivity index (χ4v) is 13.2. The number of benzene rings is 2. The van der Waals surface area contributed by atoms with Crippen LogP contribution >= 0.6 is 0 Å². The topological polar surface area (TPSA) is 67.4 Å². The van der Waals surface area contributed by atoms with Crippen molar-refractivity contribution in [3.05, 3.63) is 59.7 Å². The van der Waals surface area contributed by atoms with E-state index in [4.69, 9.17) is 4.12 Å². The number of amides is 2. The lowest BCUT2D eigenvalue weighted by Crippen LogP contribution is -2.57. The molecule has 0 aromatic heterocycles. The second kappa shape index (κ2) is 18.3. The first-order chi connectivity index (χ1) is 19.6. The second-order valence-corrected chi connectivity index (χ2v) is 20.3. The van der Waals surface area contributed by atoms with Crippen LogP contribution in [0.15, 0.2) is 48.5 Å². The molecule has 2 aromatic carbocycles. The van der Waals surface area contributed by atoms with E-state index in [1.54, 1.807) is 0 Å². The maximum Gasteiger partial charge on any atom is 0.251 e. The molecule has 0 aliphatic carbocycles. The molecular weight excluding hydrogens is 541 g/mol. The zero-order valence-corrected chi connectivity index (χ0v) is 28.7. The van der Waals surface area contributed by atoms with E-state index in [9.17, 15) is 9.59 Å². The predicted octanol–water partition coefficient (Wildman–Crippen LogP) is 7.41. The Morgan fingerprint density at radius 1 is 0.537 bits per heavy atom. The monoisotopic (exact) mass is 596 g/mol. The normalized spacial score (nSPS) is 11.9. The number of carbonyl (C=O) groups excluding carboxylic acids is 2. The van der Waals surface area contributed by atoms with E-state index in [2.05, 4.69) is 74.9 Å². The first-order valence-electron chi connectivity index (χ1n) is 16.1. The lowest BCUT2D eigenvalue weighted by Gasteiger charge is -2.34. The zero-order chi connectivity index (χ0) is 30.1. The van der Waals surface area contributed by atoms with Gasteiger partial charge in [0.05, 0.1) is 0 Å². The van der Waals surface area contributed by atoms with Crippen LogP contribution in [0.5, 0.6) is 0 Å². The maximum absolute atomic E-state index is 12.6. The van der Waals surface area contributed by atoms with Crippen molar-refractivity contribution in [2.45, 2.75) is 117 Å². The van der Waals surface area contributed by atoms with Gasteiger partial charge in [0, 0.05) is 24.2 Å². The Labute approximate surface area is 252 Å². The van der Waals surface area contributed by atoms with Crippen LogP contribution in [0.1, 0.15) is 112 Å². The summed E-state index contributed by atoms with van der Waals surface area (Å²) in [5.74, 6) is -0.00684.